The molecule has 0 aromatic heterocycles. The van der Waals surface area contributed by atoms with Crippen LogP contribution in [-0.2, 0) is 5.41 Å². The fourth-order valence-corrected chi connectivity index (χ4v) is 6.49. The van der Waals surface area contributed by atoms with Crippen molar-refractivity contribution in [1.82, 2.24) is 5.32 Å². The number of para-hydroxylation sites is 1. The average molecular weight is 310 g/mol. The van der Waals surface area contributed by atoms with E-state index in [1.807, 2.05) is 6.07 Å². The van der Waals surface area contributed by atoms with E-state index >= 15 is 0 Å². The zero-order valence-electron chi connectivity index (χ0n) is 14.2. The molecule has 0 radical (unpaired) electrons. The molecule has 2 aliphatic carbocycles. The first-order valence-electron chi connectivity index (χ1n) is 9.01. The van der Waals surface area contributed by atoms with Gasteiger partial charge in [-0.05, 0) is 62.0 Å². The van der Waals surface area contributed by atoms with Crippen LogP contribution in [0, 0.1) is 17.3 Å². The van der Waals surface area contributed by atoms with Crippen LogP contribution < -0.4 is 5.32 Å². The first kappa shape index (κ1) is 14.2. The van der Waals surface area contributed by atoms with Gasteiger partial charge in [0.1, 0.15) is 0 Å². The second-order valence-corrected chi connectivity index (χ2v) is 8.98. The van der Waals surface area contributed by atoms with Gasteiger partial charge in [0.05, 0.1) is 17.2 Å². The molecule has 2 aliphatic heterocycles. The monoisotopic (exact) mass is 310 g/mol. The number of aliphatic hydroxyl groups excluding tert-OH is 1. The van der Waals surface area contributed by atoms with E-state index in [0.29, 0.717) is 11.8 Å². The Balaban J connectivity index is 1.72. The number of benzene rings is 1. The molecule has 1 aromatic rings. The molecule has 3 nitrogen and oxygen atoms in total. The summed E-state index contributed by atoms with van der Waals surface area (Å²) in [5.74, 6) is 1.25. The molecule has 1 saturated heterocycles. The highest BCUT2D eigenvalue weighted by Crippen LogP contribution is 2.67. The fraction of sp³-hybridized carbons (Fsp3) is 0.650. The van der Waals surface area contributed by atoms with Gasteiger partial charge in [0, 0.05) is 17.8 Å². The Bertz CT molecular complexity index is 711. The Kier molecular flexibility index (Phi) is 2.51. The molecular weight excluding hydrogens is 284 g/mol. The number of aliphatic hydroxyl groups is 1. The normalized spacial score (nSPS) is 48.7. The van der Waals surface area contributed by atoms with Gasteiger partial charge >= 0.3 is 0 Å². The van der Waals surface area contributed by atoms with E-state index in [1.165, 1.54) is 24.8 Å². The SMILES string of the molecule is CC1(C)N[C@H]2[C@H]3C[C@@H]1CC[C@@]3(C)[C@]1(C=Nc3ccccc31)[C@H]2O. The lowest BCUT2D eigenvalue weighted by Gasteiger charge is -2.55. The zero-order valence-corrected chi connectivity index (χ0v) is 14.2. The number of aliphatic imine (C=N–C) groups is 1. The van der Waals surface area contributed by atoms with E-state index in [2.05, 4.69) is 50.5 Å². The van der Waals surface area contributed by atoms with Crippen LogP contribution in [0.1, 0.15) is 45.6 Å². The average Bonchev–Trinajstić information content (AvgIpc) is 3.00. The van der Waals surface area contributed by atoms with Crippen LogP contribution in [-0.4, -0.2) is 29.0 Å². The van der Waals surface area contributed by atoms with E-state index in [4.69, 9.17) is 4.99 Å². The van der Waals surface area contributed by atoms with Gasteiger partial charge in [-0.25, -0.2) is 0 Å². The molecule has 0 unspecified atom stereocenters. The van der Waals surface area contributed by atoms with E-state index < -0.39 is 6.10 Å². The van der Waals surface area contributed by atoms with Gasteiger partial charge in [-0.15, -0.1) is 0 Å². The summed E-state index contributed by atoms with van der Waals surface area (Å²) >= 11 is 0. The largest absolute Gasteiger partial charge is 0.390 e. The summed E-state index contributed by atoms with van der Waals surface area (Å²) in [6.45, 7) is 7.03. The summed E-state index contributed by atoms with van der Waals surface area (Å²) in [6.07, 6.45) is 5.35. The van der Waals surface area contributed by atoms with Crippen molar-refractivity contribution in [3.8, 4) is 0 Å². The second-order valence-electron chi connectivity index (χ2n) is 8.98. The Hall–Kier alpha value is -1.19. The topological polar surface area (TPSA) is 44.6 Å². The summed E-state index contributed by atoms with van der Waals surface area (Å²) in [5.41, 5.74) is 2.17. The van der Waals surface area contributed by atoms with Crippen molar-refractivity contribution >= 4 is 11.9 Å². The maximum atomic E-state index is 11.5. The summed E-state index contributed by atoms with van der Waals surface area (Å²) < 4.78 is 0. The number of piperidine rings is 1. The number of nitrogens with one attached hydrogen (secondary N) is 1. The number of hydrogen-bond donors (Lipinski definition) is 2. The maximum Gasteiger partial charge on any atom is 0.0848 e. The summed E-state index contributed by atoms with van der Waals surface area (Å²) in [6, 6.07) is 8.58. The molecule has 6 atom stereocenters. The minimum atomic E-state index is -0.400. The van der Waals surface area contributed by atoms with Gasteiger partial charge in [-0.3, -0.25) is 4.99 Å². The van der Waals surface area contributed by atoms with Crippen LogP contribution in [0.3, 0.4) is 0 Å². The highest BCUT2D eigenvalue weighted by Gasteiger charge is 2.71. The molecule has 3 fully saturated rings. The standard InChI is InChI=1S/C20H26N2O/c1-18(2)12-8-9-19(3)14(10-12)16(22-18)17(23)20(19)11-21-15-7-5-4-6-13(15)20/h4-7,11-12,14,16-17,22-23H,8-10H2,1-3H3/t12-,14+,16-,17-,19+,20-/m0/s1. The molecule has 1 spiro atoms. The third kappa shape index (κ3) is 1.43. The predicted octanol–water partition coefficient (Wildman–Crippen LogP) is 3.19. The van der Waals surface area contributed by atoms with Crippen molar-refractivity contribution in [2.45, 2.75) is 63.1 Å². The zero-order chi connectivity index (χ0) is 16.0. The molecule has 122 valence electrons. The quantitative estimate of drug-likeness (QED) is 0.773. The van der Waals surface area contributed by atoms with Gasteiger partial charge < -0.3 is 10.4 Å². The Morgan fingerprint density at radius 3 is 2.83 bits per heavy atom. The third-order valence-corrected chi connectivity index (χ3v) is 7.87. The molecule has 0 amide bonds. The van der Waals surface area contributed by atoms with E-state index in [0.717, 1.165) is 5.69 Å². The minimum Gasteiger partial charge on any atom is -0.390 e. The Morgan fingerprint density at radius 1 is 1.22 bits per heavy atom. The second kappa shape index (κ2) is 4.07. The number of rotatable bonds is 0. The first-order valence-corrected chi connectivity index (χ1v) is 9.01. The van der Waals surface area contributed by atoms with Gasteiger partial charge in [0.2, 0.25) is 0 Å². The molecule has 23 heavy (non-hydrogen) atoms. The fourth-order valence-electron chi connectivity index (χ4n) is 6.49. The number of hydrogen-bond acceptors (Lipinski definition) is 3. The van der Waals surface area contributed by atoms with Crippen LogP contribution in [0.5, 0.6) is 0 Å². The summed E-state index contributed by atoms with van der Waals surface area (Å²) in [7, 11) is 0. The highest BCUT2D eigenvalue weighted by molar-refractivity contribution is 5.88. The van der Waals surface area contributed by atoms with E-state index in [-0.39, 0.29) is 22.4 Å². The van der Waals surface area contributed by atoms with Crippen LogP contribution in [0.2, 0.25) is 0 Å². The highest BCUT2D eigenvalue weighted by atomic mass is 16.3. The van der Waals surface area contributed by atoms with Gasteiger partial charge in [0.15, 0.2) is 0 Å². The molecule has 2 heterocycles. The maximum absolute atomic E-state index is 11.5. The third-order valence-electron chi connectivity index (χ3n) is 7.87. The molecule has 5 rings (SSSR count). The Morgan fingerprint density at radius 2 is 2.00 bits per heavy atom. The van der Waals surface area contributed by atoms with Crippen molar-refractivity contribution in [1.29, 1.82) is 0 Å². The van der Waals surface area contributed by atoms with Crippen LogP contribution in [0.4, 0.5) is 5.69 Å². The van der Waals surface area contributed by atoms with Crippen molar-refractivity contribution in [2.75, 3.05) is 0 Å². The van der Waals surface area contributed by atoms with Crippen LogP contribution in [0.25, 0.3) is 0 Å². The lowest BCUT2D eigenvalue weighted by Crippen LogP contribution is -2.62. The van der Waals surface area contributed by atoms with Crippen LogP contribution in [0.15, 0.2) is 29.3 Å². The molecular formula is C20H26N2O. The molecule has 2 N–H and O–H groups in total. The summed E-state index contributed by atoms with van der Waals surface area (Å²) in [4.78, 5) is 4.73. The van der Waals surface area contributed by atoms with Gasteiger partial charge in [-0.2, -0.15) is 0 Å². The van der Waals surface area contributed by atoms with Crippen LogP contribution >= 0.6 is 0 Å². The predicted molar refractivity (Wildman–Crippen MR) is 92.2 cm³/mol. The van der Waals surface area contributed by atoms with Crippen molar-refractivity contribution < 1.29 is 5.11 Å². The summed E-state index contributed by atoms with van der Waals surface area (Å²) in [5, 5.41) is 15.3. The Labute approximate surface area is 138 Å². The molecule has 2 bridgehead atoms. The molecule has 3 heteroatoms. The first-order chi connectivity index (χ1) is 10.9. The smallest absolute Gasteiger partial charge is 0.0848 e. The van der Waals surface area contributed by atoms with Crippen molar-refractivity contribution in [3.05, 3.63) is 29.8 Å². The molecule has 4 aliphatic rings. The van der Waals surface area contributed by atoms with Crippen molar-refractivity contribution in [3.63, 3.8) is 0 Å². The lowest BCUT2D eigenvalue weighted by atomic mass is 9.52. The number of nitrogens with zero attached hydrogens (tertiary/aromatic N) is 1. The van der Waals surface area contributed by atoms with E-state index in [1.54, 1.807) is 0 Å². The molecule has 1 aromatic carbocycles. The molecule has 2 saturated carbocycles. The van der Waals surface area contributed by atoms with Gasteiger partial charge in [0.25, 0.3) is 0 Å². The number of fused-ring (bicyclic) bond motifs is 4. The minimum absolute atomic E-state index is 0.0905. The van der Waals surface area contributed by atoms with Crippen molar-refractivity contribution in [2.24, 2.45) is 22.2 Å². The lowest BCUT2D eigenvalue weighted by molar-refractivity contribution is -0.00473. The van der Waals surface area contributed by atoms with Gasteiger partial charge in [-0.1, -0.05) is 25.1 Å². The van der Waals surface area contributed by atoms with E-state index in [9.17, 15) is 5.11 Å².